The van der Waals surface area contributed by atoms with Crippen molar-refractivity contribution in [2.75, 3.05) is 44.6 Å². The summed E-state index contributed by atoms with van der Waals surface area (Å²) in [5, 5.41) is 7.29. The number of nitrogens with one attached hydrogen (secondary N) is 2. The van der Waals surface area contributed by atoms with Gasteiger partial charge in [-0.15, -0.1) is 0 Å². The van der Waals surface area contributed by atoms with Gasteiger partial charge in [0, 0.05) is 45.5 Å². The van der Waals surface area contributed by atoms with Gasteiger partial charge < -0.3 is 10.6 Å². The van der Waals surface area contributed by atoms with Crippen LogP contribution >= 0.6 is 27.5 Å². The molecule has 1 fully saturated rings. The van der Waals surface area contributed by atoms with Crippen molar-refractivity contribution in [1.82, 2.24) is 15.2 Å². The van der Waals surface area contributed by atoms with Crippen LogP contribution in [0.3, 0.4) is 0 Å². The highest BCUT2D eigenvalue weighted by Gasteiger charge is 2.09. The van der Waals surface area contributed by atoms with Gasteiger partial charge in [0.25, 0.3) is 0 Å². The van der Waals surface area contributed by atoms with Crippen molar-refractivity contribution in [2.24, 2.45) is 0 Å². The SMILES string of the molecule is Clc1cnc(NCCN2CCNCC2)c(Br)c1. The third-order valence-electron chi connectivity index (χ3n) is 2.74. The van der Waals surface area contributed by atoms with Crippen LogP contribution in [0.5, 0.6) is 0 Å². The normalized spacial score (nSPS) is 17.1. The molecule has 1 aliphatic heterocycles. The van der Waals surface area contributed by atoms with Crippen molar-refractivity contribution in [2.45, 2.75) is 0 Å². The molecule has 1 saturated heterocycles. The molecule has 0 atom stereocenters. The summed E-state index contributed by atoms with van der Waals surface area (Å²) in [5.41, 5.74) is 0. The number of halogens is 2. The quantitative estimate of drug-likeness (QED) is 0.888. The van der Waals surface area contributed by atoms with Crippen molar-refractivity contribution in [3.05, 3.63) is 21.8 Å². The number of hydrogen-bond donors (Lipinski definition) is 2. The summed E-state index contributed by atoms with van der Waals surface area (Å²) in [6, 6.07) is 1.85. The van der Waals surface area contributed by atoms with Crippen LogP contribution in [-0.2, 0) is 0 Å². The number of aromatic nitrogens is 1. The van der Waals surface area contributed by atoms with Gasteiger partial charge in [-0.25, -0.2) is 4.98 Å². The maximum absolute atomic E-state index is 5.84. The van der Waals surface area contributed by atoms with E-state index < -0.39 is 0 Å². The monoisotopic (exact) mass is 318 g/mol. The van der Waals surface area contributed by atoms with Crippen LogP contribution < -0.4 is 10.6 Å². The molecule has 0 radical (unpaired) electrons. The minimum Gasteiger partial charge on any atom is -0.368 e. The molecule has 2 heterocycles. The molecule has 1 aromatic rings. The van der Waals surface area contributed by atoms with Crippen molar-refractivity contribution in [1.29, 1.82) is 0 Å². The van der Waals surface area contributed by atoms with Crippen molar-refractivity contribution in [3.8, 4) is 0 Å². The first-order valence-corrected chi connectivity index (χ1v) is 6.91. The van der Waals surface area contributed by atoms with E-state index in [1.54, 1.807) is 6.20 Å². The van der Waals surface area contributed by atoms with Gasteiger partial charge >= 0.3 is 0 Å². The minimum atomic E-state index is 0.643. The molecule has 94 valence electrons. The van der Waals surface area contributed by atoms with Gasteiger partial charge in [-0.1, -0.05) is 11.6 Å². The molecular formula is C11H16BrClN4. The molecule has 0 amide bonds. The summed E-state index contributed by atoms with van der Waals surface area (Å²) in [7, 11) is 0. The van der Waals surface area contributed by atoms with Gasteiger partial charge in [0.05, 0.1) is 9.50 Å². The van der Waals surface area contributed by atoms with E-state index in [0.29, 0.717) is 5.02 Å². The number of anilines is 1. The predicted octanol–water partition coefficient (Wildman–Crippen LogP) is 1.81. The fourth-order valence-electron chi connectivity index (χ4n) is 1.81. The van der Waals surface area contributed by atoms with Crippen molar-refractivity contribution < 1.29 is 0 Å². The van der Waals surface area contributed by atoms with E-state index >= 15 is 0 Å². The van der Waals surface area contributed by atoms with Crippen LogP contribution in [0.4, 0.5) is 5.82 Å². The lowest BCUT2D eigenvalue weighted by molar-refractivity contribution is 0.249. The third kappa shape index (κ3) is 4.10. The Morgan fingerprint density at radius 3 is 2.94 bits per heavy atom. The standard InChI is InChI=1S/C11H16BrClN4/c12-10-7-9(13)8-16-11(10)15-3-6-17-4-1-14-2-5-17/h7-8,14H,1-6H2,(H,15,16). The third-order valence-corrected chi connectivity index (χ3v) is 3.55. The Morgan fingerprint density at radius 2 is 2.24 bits per heavy atom. The average Bonchev–Trinajstić information content (AvgIpc) is 2.33. The first-order chi connectivity index (χ1) is 8.25. The van der Waals surface area contributed by atoms with E-state index in [0.717, 1.165) is 49.6 Å². The molecule has 2 N–H and O–H groups in total. The Labute approximate surface area is 115 Å². The highest BCUT2D eigenvalue weighted by atomic mass is 79.9. The van der Waals surface area contributed by atoms with Crippen LogP contribution in [0, 0.1) is 0 Å². The van der Waals surface area contributed by atoms with Gasteiger partial charge in [-0.2, -0.15) is 0 Å². The second kappa shape index (κ2) is 6.54. The number of piperazine rings is 1. The molecule has 2 rings (SSSR count). The van der Waals surface area contributed by atoms with Gasteiger partial charge in [0.1, 0.15) is 5.82 Å². The first kappa shape index (κ1) is 13.1. The number of pyridine rings is 1. The van der Waals surface area contributed by atoms with Crippen LogP contribution in [0.1, 0.15) is 0 Å². The summed E-state index contributed by atoms with van der Waals surface area (Å²) in [6.45, 7) is 6.35. The zero-order valence-electron chi connectivity index (χ0n) is 9.55. The van der Waals surface area contributed by atoms with E-state index in [1.165, 1.54) is 0 Å². The fourth-order valence-corrected chi connectivity index (χ4v) is 2.59. The first-order valence-electron chi connectivity index (χ1n) is 5.74. The van der Waals surface area contributed by atoms with Crippen LogP contribution in [0.25, 0.3) is 0 Å². The molecule has 0 unspecified atom stereocenters. The van der Waals surface area contributed by atoms with Crippen LogP contribution in [0.15, 0.2) is 16.7 Å². The second-order valence-electron chi connectivity index (χ2n) is 4.00. The largest absolute Gasteiger partial charge is 0.368 e. The lowest BCUT2D eigenvalue weighted by Gasteiger charge is -2.27. The molecule has 0 saturated carbocycles. The predicted molar refractivity (Wildman–Crippen MR) is 74.7 cm³/mol. The Kier molecular flexibility index (Phi) is 5.03. The second-order valence-corrected chi connectivity index (χ2v) is 5.29. The van der Waals surface area contributed by atoms with E-state index in [9.17, 15) is 0 Å². The zero-order chi connectivity index (χ0) is 12.1. The summed E-state index contributed by atoms with van der Waals surface area (Å²) in [5.74, 6) is 0.851. The fraction of sp³-hybridized carbons (Fsp3) is 0.545. The minimum absolute atomic E-state index is 0.643. The molecular weight excluding hydrogens is 304 g/mol. The summed E-state index contributed by atoms with van der Waals surface area (Å²) >= 11 is 9.28. The molecule has 0 aromatic carbocycles. The topological polar surface area (TPSA) is 40.2 Å². The summed E-state index contributed by atoms with van der Waals surface area (Å²) < 4.78 is 0.908. The summed E-state index contributed by atoms with van der Waals surface area (Å²) in [6.07, 6.45) is 1.65. The maximum Gasteiger partial charge on any atom is 0.140 e. The van der Waals surface area contributed by atoms with Crippen molar-refractivity contribution >= 4 is 33.3 Å². The molecule has 6 heteroatoms. The van der Waals surface area contributed by atoms with Gasteiger partial charge in [0.2, 0.25) is 0 Å². The molecule has 17 heavy (non-hydrogen) atoms. The van der Waals surface area contributed by atoms with Gasteiger partial charge in [0.15, 0.2) is 0 Å². The van der Waals surface area contributed by atoms with E-state index in [4.69, 9.17) is 11.6 Å². The molecule has 0 aliphatic carbocycles. The Morgan fingerprint density at radius 1 is 1.47 bits per heavy atom. The van der Waals surface area contributed by atoms with Crippen molar-refractivity contribution in [3.63, 3.8) is 0 Å². The lowest BCUT2D eigenvalue weighted by atomic mass is 10.3. The van der Waals surface area contributed by atoms with E-state index in [1.807, 2.05) is 6.07 Å². The molecule has 4 nitrogen and oxygen atoms in total. The Hall–Kier alpha value is -0.360. The van der Waals surface area contributed by atoms with Gasteiger partial charge in [-0.05, 0) is 22.0 Å². The van der Waals surface area contributed by atoms with E-state index in [2.05, 4.69) is 36.4 Å². The molecule has 0 bridgehead atoms. The highest BCUT2D eigenvalue weighted by molar-refractivity contribution is 9.10. The van der Waals surface area contributed by atoms with E-state index in [-0.39, 0.29) is 0 Å². The Balaban J connectivity index is 1.77. The average molecular weight is 320 g/mol. The number of nitrogens with zero attached hydrogens (tertiary/aromatic N) is 2. The summed E-state index contributed by atoms with van der Waals surface area (Å²) in [4.78, 5) is 6.68. The van der Waals surface area contributed by atoms with Gasteiger partial charge in [-0.3, -0.25) is 4.90 Å². The zero-order valence-corrected chi connectivity index (χ0v) is 11.9. The number of hydrogen-bond acceptors (Lipinski definition) is 4. The molecule has 0 spiro atoms. The smallest absolute Gasteiger partial charge is 0.140 e. The number of rotatable bonds is 4. The van der Waals surface area contributed by atoms with Crippen LogP contribution in [0.2, 0.25) is 5.02 Å². The molecule has 1 aromatic heterocycles. The van der Waals surface area contributed by atoms with Crippen LogP contribution in [-0.4, -0.2) is 49.2 Å². The maximum atomic E-state index is 5.84. The lowest BCUT2D eigenvalue weighted by Crippen LogP contribution is -2.45. The molecule has 1 aliphatic rings. The highest BCUT2D eigenvalue weighted by Crippen LogP contribution is 2.22. The Bertz CT molecular complexity index is 368.